The lowest BCUT2D eigenvalue weighted by Gasteiger charge is -1.97. The van der Waals surface area contributed by atoms with Gasteiger partial charge in [-0.15, -0.1) is 12.6 Å². The van der Waals surface area contributed by atoms with Crippen LogP contribution in [0.4, 0.5) is 0 Å². The Morgan fingerprint density at radius 1 is 1.17 bits per heavy atom. The summed E-state index contributed by atoms with van der Waals surface area (Å²) in [5, 5.41) is 4.13. The van der Waals surface area contributed by atoms with Crippen LogP contribution in [0.25, 0.3) is 5.69 Å². The third kappa shape index (κ3) is 1.36. The summed E-state index contributed by atoms with van der Waals surface area (Å²) < 4.78 is 1.79. The third-order valence-corrected chi connectivity index (χ3v) is 1.82. The number of hydrogen-bond donors (Lipinski definition) is 1. The normalized spacial score (nSPS) is 10.1. The number of aromatic nitrogens is 2. The van der Waals surface area contributed by atoms with Gasteiger partial charge in [0.15, 0.2) is 0 Å². The fraction of sp³-hybridized carbons (Fsp3) is 0. The Morgan fingerprint density at radius 2 is 1.92 bits per heavy atom. The van der Waals surface area contributed by atoms with Crippen molar-refractivity contribution >= 4 is 12.6 Å². The lowest BCUT2D eigenvalue weighted by atomic mass is 10.3. The molecule has 0 spiro atoms. The second-order valence-electron chi connectivity index (χ2n) is 2.48. The van der Waals surface area contributed by atoms with Crippen molar-refractivity contribution in [3.8, 4) is 5.69 Å². The van der Waals surface area contributed by atoms with Crippen LogP contribution >= 0.6 is 12.6 Å². The van der Waals surface area contributed by atoms with Gasteiger partial charge >= 0.3 is 0 Å². The molecule has 0 atom stereocenters. The van der Waals surface area contributed by atoms with Gasteiger partial charge in [0.1, 0.15) is 0 Å². The standard InChI is InChI=1S/C9H8N2S/c12-9-6-10-11(7-9)8-4-2-1-3-5-8/h1-7,12H. The minimum atomic E-state index is 0.874. The molecule has 0 saturated heterocycles. The molecule has 0 aliphatic rings. The maximum absolute atomic E-state index is 4.17. The first kappa shape index (κ1) is 7.43. The van der Waals surface area contributed by atoms with E-state index >= 15 is 0 Å². The van der Waals surface area contributed by atoms with Gasteiger partial charge in [-0.2, -0.15) is 5.10 Å². The SMILES string of the molecule is Sc1cnn(-c2ccccc2)c1. The molecular weight excluding hydrogens is 168 g/mol. The summed E-state index contributed by atoms with van der Waals surface area (Å²) in [6.07, 6.45) is 3.59. The van der Waals surface area contributed by atoms with Crippen molar-refractivity contribution in [2.45, 2.75) is 4.90 Å². The summed E-state index contributed by atoms with van der Waals surface area (Å²) in [6, 6.07) is 9.94. The van der Waals surface area contributed by atoms with Gasteiger partial charge in [-0.3, -0.25) is 0 Å². The molecule has 1 aromatic carbocycles. The zero-order chi connectivity index (χ0) is 8.39. The minimum Gasteiger partial charge on any atom is -0.240 e. The molecule has 0 aliphatic carbocycles. The van der Waals surface area contributed by atoms with Crippen molar-refractivity contribution in [2.24, 2.45) is 0 Å². The highest BCUT2D eigenvalue weighted by molar-refractivity contribution is 7.80. The van der Waals surface area contributed by atoms with Crippen molar-refractivity contribution in [1.29, 1.82) is 0 Å². The van der Waals surface area contributed by atoms with Crippen LogP contribution in [0.2, 0.25) is 0 Å². The van der Waals surface area contributed by atoms with E-state index in [1.54, 1.807) is 10.9 Å². The number of thiol groups is 1. The molecule has 2 aromatic rings. The molecule has 0 radical (unpaired) electrons. The predicted octanol–water partition coefficient (Wildman–Crippen LogP) is 2.16. The summed E-state index contributed by atoms with van der Waals surface area (Å²) in [4.78, 5) is 0.874. The van der Waals surface area contributed by atoms with Crippen molar-refractivity contribution in [3.05, 3.63) is 42.7 Å². The quantitative estimate of drug-likeness (QED) is 0.659. The average molecular weight is 176 g/mol. The van der Waals surface area contributed by atoms with Crippen LogP contribution in [0, 0.1) is 0 Å². The molecule has 1 heterocycles. The largest absolute Gasteiger partial charge is 0.240 e. The van der Waals surface area contributed by atoms with E-state index in [1.165, 1.54) is 0 Å². The lowest BCUT2D eigenvalue weighted by molar-refractivity contribution is 0.880. The van der Waals surface area contributed by atoms with E-state index < -0.39 is 0 Å². The summed E-state index contributed by atoms with van der Waals surface area (Å²) in [5.41, 5.74) is 1.05. The van der Waals surface area contributed by atoms with Crippen molar-refractivity contribution in [3.63, 3.8) is 0 Å². The van der Waals surface area contributed by atoms with E-state index in [4.69, 9.17) is 0 Å². The molecule has 1 aromatic heterocycles. The second-order valence-corrected chi connectivity index (χ2v) is 3.00. The molecule has 0 saturated carbocycles. The van der Waals surface area contributed by atoms with E-state index in [2.05, 4.69) is 17.7 Å². The van der Waals surface area contributed by atoms with Crippen LogP contribution in [0.15, 0.2) is 47.6 Å². The van der Waals surface area contributed by atoms with Crippen molar-refractivity contribution in [2.75, 3.05) is 0 Å². The zero-order valence-electron chi connectivity index (χ0n) is 6.38. The molecular formula is C9H8N2S. The first-order valence-corrected chi connectivity index (χ1v) is 4.10. The summed E-state index contributed by atoms with van der Waals surface area (Å²) in [5.74, 6) is 0. The number of para-hydroxylation sites is 1. The molecule has 0 fully saturated rings. The van der Waals surface area contributed by atoms with Gasteiger partial charge in [0.2, 0.25) is 0 Å². The van der Waals surface area contributed by atoms with Gasteiger partial charge in [0.05, 0.1) is 11.9 Å². The van der Waals surface area contributed by atoms with Crippen LogP contribution in [0.1, 0.15) is 0 Å². The molecule has 0 aliphatic heterocycles. The number of rotatable bonds is 1. The fourth-order valence-electron chi connectivity index (χ4n) is 1.04. The van der Waals surface area contributed by atoms with Gasteiger partial charge in [-0.1, -0.05) is 18.2 Å². The topological polar surface area (TPSA) is 17.8 Å². The molecule has 12 heavy (non-hydrogen) atoms. The Bertz CT molecular complexity index is 367. The molecule has 2 rings (SSSR count). The molecule has 60 valence electrons. The minimum absolute atomic E-state index is 0.874. The fourth-order valence-corrected chi connectivity index (χ4v) is 1.20. The Labute approximate surface area is 76.3 Å². The third-order valence-electron chi connectivity index (χ3n) is 1.59. The van der Waals surface area contributed by atoms with E-state index in [-0.39, 0.29) is 0 Å². The number of benzene rings is 1. The lowest BCUT2D eigenvalue weighted by Crippen LogP contribution is -1.92. The van der Waals surface area contributed by atoms with Crippen LogP contribution in [0.3, 0.4) is 0 Å². The van der Waals surface area contributed by atoms with E-state index in [0.29, 0.717) is 0 Å². The molecule has 2 nitrogen and oxygen atoms in total. The van der Waals surface area contributed by atoms with Crippen molar-refractivity contribution in [1.82, 2.24) is 9.78 Å². The first-order chi connectivity index (χ1) is 5.86. The average Bonchev–Trinajstić information content (AvgIpc) is 2.54. The van der Waals surface area contributed by atoms with Crippen molar-refractivity contribution < 1.29 is 0 Å². The first-order valence-electron chi connectivity index (χ1n) is 3.65. The van der Waals surface area contributed by atoms with Gasteiger partial charge in [-0.05, 0) is 12.1 Å². The smallest absolute Gasteiger partial charge is 0.0646 e. The monoisotopic (exact) mass is 176 g/mol. The van der Waals surface area contributed by atoms with Crippen LogP contribution < -0.4 is 0 Å². The highest BCUT2D eigenvalue weighted by Crippen LogP contribution is 2.09. The van der Waals surface area contributed by atoms with E-state index in [0.717, 1.165) is 10.6 Å². The number of hydrogen-bond acceptors (Lipinski definition) is 2. The predicted molar refractivity (Wildman–Crippen MR) is 50.8 cm³/mol. The van der Waals surface area contributed by atoms with Crippen LogP contribution in [-0.2, 0) is 0 Å². The van der Waals surface area contributed by atoms with Gasteiger partial charge in [-0.25, -0.2) is 4.68 Å². The Hall–Kier alpha value is -1.22. The Balaban J connectivity index is 2.45. The van der Waals surface area contributed by atoms with Crippen LogP contribution in [-0.4, -0.2) is 9.78 Å². The Morgan fingerprint density at radius 3 is 2.50 bits per heavy atom. The molecule has 0 bridgehead atoms. The van der Waals surface area contributed by atoms with Gasteiger partial charge in [0.25, 0.3) is 0 Å². The Kier molecular flexibility index (Phi) is 1.87. The molecule has 0 amide bonds. The summed E-state index contributed by atoms with van der Waals surface area (Å²) in [7, 11) is 0. The zero-order valence-corrected chi connectivity index (χ0v) is 7.28. The van der Waals surface area contributed by atoms with Crippen LogP contribution in [0.5, 0.6) is 0 Å². The molecule has 0 unspecified atom stereocenters. The summed E-state index contributed by atoms with van der Waals surface area (Å²) in [6.45, 7) is 0. The second kappa shape index (κ2) is 3.03. The summed E-state index contributed by atoms with van der Waals surface area (Å²) >= 11 is 4.17. The van der Waals surface area contributed by atoms with Gasteiger partial charge in [0, 0.05) is 11.1 Å². The maximum atomic E-state index is 4.17. The number of nitrogens with zero attached hydrogens (tertiary/aromatic N) is 2. The van der Waals surface area contributed by atoms with Gasteiger partial charge < -0.3 is 0 Å². The highest BCUT2D eigenvalue weighted by atomic mass is 32.1. The van der Waals surface area contributed by atoms with E-state index in [9.17, 15) is 0 Å². The molecule has 3 heteroatoms. The maximum Gasteiger partial charge on any atom is 0.0646 e. The molecule has 0 N–H and O–H groups in total. The van der Waals surface area contributed by atoms with E-state index in [1.807, 2.05) is 36.5 Å². The highest BCUT2D eigenvalue weighted by Gasteiger charge is 1.95.